The molecule has 36 heavy (non-hydrogen) atoms. The lowest BCUT2D eigenvalue weighted by Gasteiger charge is -2.18. The first-order chi connectivity index (χ1) is 17.7. The maximum atomic E-state index is 6.35. The van der Waals surface area contributed by atoms with E-state index in [4.69, 9.17) is 9.40 Å². The lowest BCUT2D eigenvalue weighted by Crippen LogP contribution is -2.25. The standard InChI is InChI=1S/C31H33N3OS/c1-4-34(5-2)20-8-19-32-29-26-21-23(12-11-22-13-16-24(36-3)17-14-22)15-18-27(26)33-30-25-9-6-7-10-28(25)35-31(29)30/h6-7,9-18,21H,4-5,8,19-20H2,1-3H3,(H,32,33)/b12-11+. The average Bonchev–Trinajstić information content (AvgIpc) is 3.30. The van der Waals surface area contributed by atoms with Crippen LogP contribution in [-0.4, -0.2) is 42.3 Å². The largest absolute Gasteiger partial charge is 0.452 e. The summed E-state index contributed by atoms with van der Waals surface area (Å²) in [6.07, 6.45) is 7.50. The Bertz CT molecular complexity index is 1500. The normalized spacial score (nSPS) is 12.0. The predicted molar refractivity (Wildman–Crippen MR) is 157 cm³/mol. The van der Waals surface area contributed by atoms with E-state index in [1.807, 2.05) is 18.2 Å². The van der Waals surface area contributed by atoms with Crippen LogP contribution in [0.15, 0.2) is 76.0 Å². The Hall–Kier alpha value is -3.28. The molecule has 0 aliphatic rings. The van der Waals surface area contributed by atoms with E-state index in [2.05, 4.69) is 91.0 Å². The lowest BCUT2D eigenvalue weighted by molar-refractivity contribution is 0.303. The molecule has 0 radical (unpaired) electrons. The number of nitrogens with zero attached hydrogens (tertiary/aromatic N) is 2. The van der Waals surface area contributed by atoms with Gasteiger partial charge in [0.2, 0.25) is 0 Å². The summed E-state index contributed by atoms with van der Waals surface area (Å²) in [6.45, 7) is 8.56. The van der Waals surface area contributed by atoms with Gasteiger partial charge in [0.25, 0.3) is 0 Å². The van der Waals surface area contributed by atoms with Crippen molar-refractivity contribution in [1.82, 2.24) is 9.88 Å². The van der Waals surface area contributed by atoms with E-state index in [-0.39, 0.29) is 0 Å². The predicted octanol–water partition coefficient (Wildman–Crippen LogP) is 8.17. The van der Waals surface area contributed by atoms with Gasteiger partial charge >= 0.3 is 0 Å². The van der Waals surface area contributed by atoms with Crippen molar-refractivity contribution in [3.8, 4) is 0 Å². The highest BCUT2D eigenvalue weighted by atomic mass is 32.2. The summed E-state index contributed by atoms with van der Waals surface area (Å²) in [7, 11) is 0. The van der Waals surface area contributed by atoms with Crippen molar-refractivity contribution in [3.63, 3.8) is 0 Å². The van der Waals surface area contributed by atoms with Gasteiger partial charge in [-0.05, 0) is 79.8 Å². The van der Waals surface area contributed by atoms with Gasteiger partial charge in [-0.2, -0.15) is 0 Å². The number of thioether (sulfide) groups is 1. The number of hydrogen-bond acceptors (Lipinski definition) is 5. The number of rotatable bonds is 10. The number of furan rings is 1. The molecule has 2 heterocycles. The van der Waals surface area contributed by atoms with Gasteiger partial charge in [-0.15, -0.1) is 11.8 Å². The number of fused-ring (bicyclic) bond motifs is 4. The van der Waals surface area contributed by atoms with Crippen LogP contribution in [0.5, 0.6) is 0 Å². The van der Waals surface area contributed by atoms with Gasteiger partial charge in [0.15, 0.2) is 5.58 Å². The Labute approximate surface area is 217 Å². The van der Waals surface area contributed by atoms with E-state index in [1.54, 1.807) is 11.8 Å². The van der Waals surface area contributed by atoms with Gasteiger partial charge in [0, 0.05) is 22.2 Å². The van der Waals surface area contributed by atoms with Gasteiger partial charge in [-0.3, -0.25) is 0 Å². The SMILES string of the molecule is CCN(CC)CCCNc1c2cc(/C=C/c3ccc(SC)cc3)ccc2nc2c1oc1ccccc12. The number of benzene rings is 3. The molecule has 3 aromatic carbocycles. The van der Waals surface area contributed by atoms with Crippen LogP contribution in [0.2, 0.25) is 0 Å². The number of aromatic nitrogens is 1. The maximum Gasteiger partial charge on any atom is 0.177 e. The van der Waals surface area contributed by atoms with E-state index in [0.29, 0.717) is 0 Å². The van der Waals surface area contributed by atoms with Gasteiger partial charge in [0.1, 0.15) is 11.1 Å². The molecule has 0 bridgehead atoms. The highest BCUT2D eigenvalue weighted by molar-refractivity contribution is 7.98. The molecule has 2 aromatic heterocycles. The molecule has 1 N–H and O–H groups in total. The molecule has 184 valence electrons. The molecule has 5 heteroatoms. The minimum atomic E-state index is 0.834. The Morgan fingerprint density at radius 1 is 0.917 bits per heavy atom. The van der Waals surface area contributed by atoms with Crippen LogP contribution in [-0.2, 0) is 0 Å². The Morgan fingerprint density at radius 2 is 1.67 bits per heavy atom. The van der Waals surface area contributed by atoms with E-state index < -0.39 is 0 Å². The molecule has 0 amide bonds. The quantitative estimate of drug-likeness (QED) is 0.120. The van der Waals surface area contributed by atoms with E-state index >= 15 is 0 Å². The first kappa shape index (κ1) is 24.4. The Morgan fingerprint density at radius 3 is 2.44 bits per heavy atom. The van der Waals surface area contributed by atoms with Gasteiger partial charge in [-0.25, -0.2) is 4.98 Å². The van der Waals surface area contributed by atoms with Crippen molar-refractivity contribution in [2.24, 2.45) is 0 Å². The topological polar surface area (TPSA) is 41.3 Å². The van der Waals surface area contributed by atoms with Crippen LogP contribution in [0.3, 0.4) is 0 Å². The van der Waals surface area contributed by atoms with E-state index in [1.165, 1.54) is 10.5 Å². The average molecular weight is 496 g/mol. The molecule has 0 fully saturated rings. The Kier molecular flexibility index (Phi) is 7.59. The third-order valence-electron chi connectivity index (χ3n) is 6.75. The fraction of sp³-hybridized carbons (Fsp3) is 0.258. The third kappa shape index (κ3) is 5.13. The molecule has 0 atom stereocenters. The fourth-order valence-electron chi connectivity index (χ4n) is 4.65. The molecule has 0 aliphatic carbocycles. The number of hydrogen-bond donors (Lipinski definition) is 1. The summed E-state index contributed by atoms with van der Waals surface area (Å²) >= 11 is 1.76. The first-order valence-corrected chi connectivity index (χ1v) is 14.0. The smallest absolute Gasteiger partial charge is 0.177 e. The van der Waals surface area contributed by atoms with Crippen LogP contribution in [0.25, 0.3) is 45.1 Å². The zero-order valence-electron chi connectivity index (χ0n) is 21.3. The second-order valence-electron chi connectivity index (χ2n) is 8.95. The second kappa shape index (κ2) is 11.2. The molecular weight excluding hydrogens is 462 g/mol. The number of nitrogens with one attached hydrogen (secondary N) is 1. The number of anilines is 1. The van der Waals surface area contributed by atoms with Gasteiger partial charge in [0.05, 0.1) is 11.2 Å². The van der Waals surface area contributed by atoms with E-state index in [9.17, 15) is 0 Å². The molecular formula is C31H33N3OS. The van der Waals surface area contributed by atoms with Crippen molar-refractivity contribution < 1.29 is 4.42 Å². The van der Waals surface area contributed by atoms with Crippen molar-refractivity contribution in [3.05, 3.63) is 77.9 Å². The van der Waals surface area contributed by atoms with Crippen molar-refractivity contribution in [2.75, 3.05) is 37.8 Å². The van der Waals surface area contributed by atoms with Crippen molar-refractivity contribution >= 4 is 62.6 Å². The third-order valence-corrected chi connectivity index (χ3v) is 7.49. The van der Waals surface area contributed by atoms with Crippen molar-refractivity contribution in [1.29, 1.82) is 0 Å². The van der Waals surface area contributed by atoms with Crippen molar-refractivity contribution in [2.45, 2.75) is 25.2 Å². The first-order valence-electron chi connectivity index (χ1n) is 12.7. The number of pyridine rings is 1. The lowest BCUT2D eigenvalue weighted by atomic mass is 10.1. The Balaban J connectivity index is 1.52. The highest BCUT2D eigenvalue weighted by Gasteiger charge is 2.16. The monoisotopic (exact) mass is 495 g/mol. The van der Waals surface area contributed by atoms with E-state index in [0.717, 1.165) is 76.8 Å². The summed E-state index contributed by atoms with van der Waals surface area (Å²) in [4.78, 5) is 8.75. The molecule has 0 spiro atoms. The van der Waals surface area contributed by atoms with Crippen LogP contribution < -0.4 is 5.32 Å². The fourth-order valence-corrected chi connectivity index (χ4v) is 5.06. The van der Waals surface area contributed by atoms with Crippen LogP contribution in [0, 0.1) is 0 Å². The summed E-state index contributed by atoms with van der Waals surface area (Å²) in [5.74, 6) is 0. The summed E-state index contributed by atoms with van der Waals surface area (Å²) in [5.41, 5.74) is 6.96. The zero-order chi connectivity index (χ0) is 24.9. The zero-order valence-corrected chi connectivity index (χ0v) is 22.1. The summed E-state index contributed by atoms with van der Waals surface area (Å²) < 4.78 is 6.35. The molecule has 0 aliphatic heterocycles. The molecule has 0 unspecified atom stereocenters. The summed E-state index contributed by atoms with van der Waals surface area (Å²) in [6, 6.07) is 23.3. The van der Waals surface area contributed by atoms with Crippen LogP contribution in [0.4, 0.5) is 5.69 Å². The van der Waals surface area contributed by atoms with Crippen LogP contribution >= 0.6 is 11.8 Å². The summed E-state index contributed by atoms with van der Waals surface area (Å²) in [5, 5.41) is 5.86. The molecule has 0 saturated carbocycles. The number of para-hydroxylation sites is 1. The van der Waals surface area contributed by atoms with Gasteiger partial charge < -0.3 is 14.6 Å². The molecule has 0 saturated heterocycles. The van der Waals surface area contributed by atoms with Gasteiger partial charge in [-0.1, -0.05) is 56.3 Å². The second-order valence-corrected chi connectivity index (χ2v) is 9.83. The minimum absolute atomic E-state index is 0.834. The molecule has 5 aromatic rings. The van der Waals surface area contributed by atoms with Crippen LogP contribution in [0.1, 0.15) is 31.4 Å². The maximum absolute atomic E-state index is 6.35. The molecule has 5 rings (SSSR count). The highest BCUT2D eigenvalue weighted by Crippen LogP contribution is 2.37. The minimum Gasteiger partial charge on any atom is -0.452 e. The molecule has 4 nitrogen and oxygen atoms in total.